The zero-order chi connectivity index (χ0) is 9.47. The lowest BCUT2D eigenvalue weighted by atomic mass is 9.76. The molecule has 0 bridgehead atoms. The van der Waals surface area contributed by atoms with Crippen LogP contribution in [0.3, 0.4) is 0 Å². The van der Waals surface area contributed by atoms with Gasteiger partial charge in [-0.05, 0) is 43.8 Å². The molecule has 2 heteroatoms. The van der Waals surface area contributed by atoms with Crippen LogP contribution in [0.25, 0.3) is 0 Å². The smallest absolute Gasteiger partial charge is 0.0506 e. The van der Waals surface area contributed by atoms with Crippen molar-refractivity contribution in [1.82, 2.24) is 0 Å². The van der Waals surface area contributed by atoms with Gasteiger partial charge in [0, 0.05) is 6.04 Å². The molecule has 2 nitrogen and oxygen atoms in total. The van der Waals surface area contributed by atoms with E-state index in [0.29, 0.717) is 0 Å². The molecule has 4 N–H and O–H groups in total. The molecule has 0 aromatic heterocycles. The van der Waals surface area contributed by atoms with Gasteiger partial charge in [0.15, 0.2) is 0 Å². The van der Waals surface area contributed by atoms with Crippen molar-refractivity contribution in [1.29, 1.82) is 0 Å². The van der Waals surface area contributed by atoms with Crippen molar-refractivity contribution >= 4 is 0 Å². The van der Waals surface area contributed by atoms with Crippen LogP contribution < -0.4 is 11.5 Å². The van der Waals surface area contributed by atoms with Gasteiger partial charge in [-0.1, -0.05) is 12.2 Å². The number of rotatable bonds is 0. The number of nitrogens with two attached hydrogens (primary N) is 2. The molecular weight excluding hydrogens is 160 g/mol. The highest BCUT2D eigenvalue weighted by atomic mass is 14.8. The second kappa shape index (κ2) is 2.96. The first-order chi connectivity index (χ1) is 6.11. The van der Waals surface area contributed by atoms with Gasteiger partial charge >= 0.3 is 0 Å². The molecule has 0 aromatic rings. The van der Waals surface area contributed by atoms with E-state index in [-0.39, 0.29) is 11.6 Å². The van der Waals surface area contributed by atoms with Gasteiger partial charge in [-0.3, -0.25) is 0 Å². The monoisotopic (exact) mass is 178 g/mol. The molecule has 0 fully saturated rings. The molecule has 2 rings (SSSR count). The average Bonchev–Trinajstić information content (AvgIpc) is 2.13. The molecule has 72 valence electrons. The average molecular weight is 178 g/mol. The van der Waals surface area contributed by atoms with E-state index in [1.807, 2.05) is 6.92 Å². The van der Waals surface area contributed by atoms with Crippen LogP contribution in [-0.4, -0.2) is 11.6 Å². The Labute approximate surface area is 79.7 Å². The molecule has 0 aromatic carbocycles. The summed E-state index contributed by atoms with van der Waals surface area (Å²) in [5, 5.41) is 0. The topological polar surface area (TPSA) is 52.0 Å². The van der Waals surface area contributed by atoms with Crippen molar-refractivity contribution in [3.8, 4) is 0 Å². The van der Waals surface area contributed by atoms with E-state index < -0.39 is 0 Å². The Morgan fingerprint density at radius 2 is 2.08 bits per heavy atom. The minimum Gasteiger partial charge on any atom is -0.322 e. The Balaban J connectivity index is 2.33. The maximum Gasteiger partial charge on any atom is 0.0506 e. The van der Waals surface area contributed by atoms with Crippen LogP contribution in [-0.2, 0) is 0 Å². The van der Waals surface area contributed by atoms with Crippen LogP contribution in [0.5, 0.6) is 0 Å². The van der Waals surface area contributed by atoms with Crippen LogP contribution in [0.2, 0.25) is 0 Å². The summed E-state index contributed by atoms with van der Waals surface area (Å²) >= 11 is 0. The van der Waals surface area contributed by atoms with Crippen molar-refractivity contribution in [3.05, 3.63) is 23.3 Å². The van der Waals surface area contributed by atoms with Gasteiger partial charge in [0.1, 0.15) is 0 Å². The standard InChI is InChI=1S/C11H18N2/c1-11(13)7-6-8-4-2-3-5-9(8)10(11)12/h6-7,10H,2-5,12-13H2,1H3. The molecule has 13 heavy (non-hydrogen) atoms. The first kappa shape index (κ1) is 8.97. The van der Waals surface area contributed by atoms with Gasteiger partial charge in [0.25, 0.3) is 0 Å². The van der Waals surface area contributed by atoms with Crippen molar-refractivity contribution in [2.75, 3.05) is 0 Å². The summed E-state index contributed by atoms with van der Waals surface area (Å²) in [4.78, 5) is 0. The van der Waals surface area contributed by atoms with E-state index >= 15 is 0 Å². The predicted molar refractivity (Wildman–Crippen MR) is 55.2 cm³/mol. The first-order valence-corrected chi connectivity index (χ1v) is 5.07. The molecule has 0 saturated heterocycles. The quantitative estimate of drug-likeness (QED) is 0.590. The van der Waals surface area contributed by atoms with E-state index in [1.54, 1.807) is 0 Å². The third-order valence-corrected chi connectivity index (χ3v) is 3.24. The van der Waals surface area contributed by atoms with Crippen molar-refractivity contribution in [2.24, 2.45) is 11.5 Å². The molecule has 0 radical (unpaired) electrons. The van der Waals surface area contributed by atoms with Crippen molar-refractivity contribution in [3.63, 3.8) is 0 Å². The Bertz CT molecular complexity index is 274. The first-order valence-electron chi connectivity index (χ1n) is 5.07. The van der Waals surface area contributed by atoms with Crippen LogP contribution in [0, 0.1) is 0 Å². The summed E-state index contributed by atoms with van der Waals surface area (Å²) in [5.74, 6) is 0. The molecule has 2 atom stereocenters. The SMILES string of the molecule is CC1(N)C=CC2=C(CCCC2)C1N. The van der Waals surface area contributed by atoms with E-state index in [0.717, 1.165) is 6.42 Å². The Hall–Kier alpha value is -0.600. The molecule has 0 spiro atoms. The van der Waals surface area contributed by atoms with Gasteiger partial charge in [-0.25, -0.2) is 0 Å². The zero-order valence-electron chi connectivity index (χ0n) is 8.22. The Morgan fingerprint density at radius 3 is 2.85 bits per heavy atom. The third kappa shape index (κ3) is 1.45. The van der Waals surface area contributed by atoms with Crippen molar-refractivity contribution < 1.29 is 0 Å². The van der Waals surface area contributed by atoms with Gasteiger partial charge in [-0.2, -0.15) is 0 Å². The molecule has 0 aliphatic heterocycles. The maximum absolute atomic E-state index is 6.13. The molecule has 2 aliphatic carbocycles. The molecule has 2 unspecified atom stereocenters. The second-order valence-electron chi connectivity index (χ2n) is 4.43. The fraction of sp³-hybridized carbons (Fsp3) is 0.636. The van der Waals surface area contributed by atoms with Crippen LogP contribution >= 0.6 is 0 Å². The summed E-state index contributed by atoms with van der Waals surface area (Å²) in [5.41, 5.74) is 14.7. The van der Waals surface area contributed by atoms with Crippen LogP contribution in [0.4, 0.5) is 0 Å². The second-order valence-corrected chi connectivity index (χ2v) is 4.43. The maximum atomic E-state index is 6.13. The van der Waals surface area contributed by atoms with Gasteiger partial charge in [0.05, 0.1) is 5.54 Å². The minimum atomic E-state index is -0.337. The normalized spacial score (nSPS) is 39.2. The van der Waals surface area contributed by atoms with Crippen LogP contribution in [0.1, 0.15) is 32.6 Å². The fourth-order valence-electron chi connectivity index (χ4n) is 2.26. The lowest BCUT2D eigenvalue weighted by Gasteiger charge is -2.37. The molecule has 2 aliphatic rings. The summed E-state index contributed by atoms with van der Waals surface area (Å²) in [6.07, 6.45) is 9.15. The highest BCUT2D eigenvalue weighted by molar-refractivity contribution is 5.40. The lowest BCUT2D eigenvalue weighted by molar-refractivity contribution is 0.463. The number of hydrogen-bond donors (Lipinski definition) is 2. The summed E-state index contributed by atoms with van der Waals surface area (Å²) < 4.78 is 0. The van der Waals surface area contributed by atoms with Gasteiger partial charge in [0.2, 0.25) is 0 Å². The summed E-state index contributed by atoms with van der Waals surface area (Å²) in [6.45, 7) is 2.01. The fourth-order valence-corrected chi connectivity index (χ4v) is 2.26. The molecule has 0 heterocycles. The molecule has 0 amide bonds. The van der Waals surface area contributed by atoms with Gasteiger partial charge in [-0.15, -0.1) is 0 Å². The highest BCUT2D eigenvalue weighted by Crippen LogP contribution is 2.34. The third-order valence-electron chi connectivity index (χ3n) is 3.24. The van der Waals surface area contributed by atoms with Crippen molar-refractivity contribution in [2.45, 2.75) is 44.2 Å². The molecular formula is C11H18N2. The summed E-state index contributed by atoms with van der Waals surface area (Å²) in [6, 6.07) is 0.0350. The largest absolute Gasteiger partial charge is 0.322 e. The van der Waals surface area contributed by atoms with E-state index in [9.17, 15) is 0 Å². The predicted octanol–water partition coefficient (Wildman–Crippen LogP) is 1.47. The number of allylic oxidation sites excluding steroid dienone is 2. The Kier molecular flexibility index (Phi) is 2.05. The summed E-state index contributed by atoms with van der Waals surface area (Å²) in [7, 11) is 0. The van der Waals surface area contributed by atoms with E-state index in [2.05, 4.69) is 12.2 Å². The van der Waals surface area contributed by atoms with E-state index in [1.165, 1.54) is 30.4 Å². The minimum absolute atomic E-state index is 0.0350. The van der Waals surface area contributed by atoms with Gasteiger partial charge < -0.3 is 11.5 Å². The zero-order valence-corrected chi connectivity index (χ0v) is 8.22. The highest BCUT2D eigenvalue weighted by Gasteiger charge is 2.32. The number of hydrogen-bond acceptors (Lipinski definition) is 2. The lowest BCUT2D eigenvalue weighted by Crippen LogP contribution is -2.54. The Morgan fingerprint density at radius 1 is 1.38 bits per heavy atom. The van der Waals surface area contributed by atoms with Crippen LogP contribution in [0.15, 0.2) is 23.3 Å². The molecule has 0 saturated carbocycles. The van der Waals surface area contributed by atoms with E-state index in [4.69, 9.17) is 11.5 Å².